The molecule has 2 atom stereocenters. The molecule has 3 nitrogen and oxygen atoms in total. The number of aliphatic hydroxyl groups is 1. The minimum atomic E-state index is -0.240. The van der Waals surface area contributed by atoms with Gasteiger partial charge in [0.05, 0.1) is 11.6 Å². The molecule has 1 aliphatic rings. The van der Waals surface area contributed by atoms with E-state index in [2.05, 4.69) is 16.4 Å². The molecule has 1 aromatic carbocycles. The van der Waals surface area contributed by atoms with E-state index < -0.39 is 0 Å². The van der Waals surface area contributed by atoms with Gasteiger partial charge in [0.15, 0.2) is 0 Å². The molecule has 1 heterocycles. The number of benzene rings is 1. The summed E-state index contributed by atoms with van der Waals surface area (Å²) in [4.78, 5) is 4.42. The van der Waals surface area contributed by atoms with Crippen molar-refractivity contribution in [1.82, 2.24) is 10.3 Å². The highest BCUT2D eigenvalue weighted by atomic mass is 35.5. The predicted molar refractivity (Wildman–Crippen MR) is 81.9 cm³/mol. The molecule has 1 saturated carbocycles. The SMILES string of the molecule is O[C@@H]1CCCC[C@@H]1NCc1cc2ccccc2nc1Cl. The second-order valence-electron chi connectivity index (χ2n) is 5.47. The van der Waals surface area contributed by atoms with Crippen LogP contribution in [0.5, 0.6) is 0 Å². The first-order valence-corrected chi connectivity index (χ1v) is 7.57. The van der Waals surface area contributed by atoms with Gasteiger partial charge >= 0.3 is 0 Å². The molecule has 0 spiro atoms. The summed E-state index contributed by atoms with van der Waals surface area (Å²) >= 11 is 6.24. The molecule has 0 amide bonds. The summed E-state index contributed by atoms with van der Waals surface area (Å²) in [6, 6.07) is 10.2. The average Bonchev–Trinajstić information content (AvgIpc) is 2.46. The minimum Gasteiger partial charge on any atom is -0.392 e. The Balaban J connectivity index is 1.75. The largest absolute Gasteiger partial charge is 0.392 e. The van der Waals surface area contributed by atoms with Gasteiger partial charge in [0.2, 0.25) is 0 Å². The average molecular weight is 291 g/mol. The predicted octanol–water partition coefficient (Wildman–Crippen LogP) is 3.28. The standard InChI is InChI=1S/C16H19ClN2O/c17-16-12(9-11-5-1-2-6-13(11)19-16)10-18-14-7-3-4-8-15(14)20/h1-2,5-6,9,14-15,18,20H,3-4,7-8,10H2/t14-,15+/m0/s1. The number of nitrogens with zero attached hydrogens (tertiary/aromatic N) is 1. The molecule has 0 aliphatic heterocycles. The lowest BCUT2D eigenvalue weighted by atomic mass is 9.92. The lowest BCUT2D eigenvalue weighted by Gasteiger charge is -2.28. The zero-order valence-corrected chi connectivity index (χ0v) is 12.1. The minimum absolute atomic E-state index is 0.172. The lowest BCUT2D eigenvalue weighted by molar-refractivity contribution is 0.0902. The summed E-state index contributed by atoms with van der Waals surface area (Å²) in [5.74, 6) is 0. The van der Waals surface area contributed by atoms with Crippen molar-refractivity contribution < 1.29 is 5.11 Å². The first-order valence-electron chi connectivity index (χ1n) is 7.19. The summed E-state index contributed by atoms with van der Waals surface area (Å²) in [5, 5.41) is 15.0. The van der Waals surface area contributed by atoms with Crippen molar-refractivity contribution in [2.24, 2.45) is 0 Å². The van der Waals surface area contributed by atoms with E-state index in [4.69, 9.17) is 11.6 Å². The first kappa shape index (κ1) is 13.8. The Labute approximate surface area is 124 Å². The van der Waals surface area contributed by atoms with Gasteiger partial charge in [-0.2, -0.15) is 0 Å². The Hall–Kier alpha value is -1.16. The number of fused-ring (bicyclic) bond motifs is 1. The summed E-state index contributed by atoms with van der Waals surface area (Å²) in [6.45, 7) is 0.651. The fourth-order valence-corrected chi connectivity index (χ4v) is 3.06. The Morgan fingerprint density at radius 2 is 2.05 bits per heavy atom. The van der Waals surface area contributed by atoms with Crippen LogP contribution in [0.25, 0.3) is 10.9 Å². The zero-order chi connectivity index (χ0) is 13.9. The van der Waals surface area contributed by atoms with Gasteiger partial charge in [0.1, 0.15) is 5.15 Å². The van der Waals surface area contributed by atoms with E-state index in [9.17, 15) is 5.11 Å². The van der Waals surface area contributed by atoms with Crippen molar-refractivity contribution in [2.75, 3.05) is 0 Å². The molecule has 3 rings (SSSR count). The van der Waals surface area contributed by atoms with Gasteiger partial charge in [-0.05, 0) is 25.0 Å². The molecule has 1 fully saturated rings. The van der Waals surface area contributed by atoms with Crippen molar-refractivity contribution in [3.8, 4) is 0 Å². The number of hydrogen-bond acceptors (Lipinski definition) is 3. The van der Waals surface area contributed by atoms with Crippen molar-refractivity contribution in [1.29, 1.82) is 0 Å². The van der Waals surface area contributed by atoms with Crippen molar-refractivity contribution >= 4 is 22.5 Å². The van der Waals surface area contributed by atoms with Crippen molar-refractivity contribution in [2.45, 2.75) is 44.4 Å². The van der Waals surface area contributed by atoms with Gasteiger partial charge in [0, 0.05) is 23.5 Å². The maximum absolute atomic E-state index is 9.98. The van der Waals surface area contributed by atoms with Gasteiger partial charge in [0.25, 0.3) is 0 Å². The molecule has 0 saturated heterocycles. The van der Waals surface area contributed by atoms with Gasteiger partial charge in [-0.15, -0.1) is 0 Å². The van der Waals surface area contributed by atoms with Gasteiger partial charge in [-0.1, -0.05) is 42.6 Å². The topological polar surface area (TPSA) is 45.1 Å². The highest BCUT2D eigenvalue weighted by Crippen LogP contribution is 2.22. The number of para-hydroxylation sites is 1. The van der Waals surface area contributed by atoms with Crippen LogP contribution in [-0.4, -0.2) is 22.2 Å². The molecule has 20 heavy (non-hydrogen) atoms. The van der Waals surface area contributed by atoms with Crippen LogP contribution >= 0.6 is 11.6 Å². The van der Waals surface area contributed by atoms with Crippen molar-refractivity contribution in [3.05, 3.63) is 41.0 Å². The smallest absolute Gasteiger partial charge is 0.134 e. The third-order valence-electron chi connectivity index (χ3n) is 4.03. The van der Waals surface area contributed by atoms with Crippen LogP contribution in [0, 0.1) is 0 Å². The highest BCUT2D eigenvalue weighted by Gasteiger charge is 2.22. The van der Waals surface area contributed by atoms with E-state index in [0.717, 1.165) is 35.7 Å². The summed E-state index contributed by atoms with van der Waals surface area (Å²) in [5.41, 5.74) is 1.90. The number of nitrogens with one attached hydrogen (secondary N) is 1. The van der Waals surface area contributed by atoms with Gasteiger partial charge in [-0.25, -0.2) is 4.98 Å². The number of hydrogen-bond donors (Lipinski definition) is 2. The lowest BCUT2D eigenvalue weighted by Crippen LogP contribution is -2.41. The summed E-state index contributed by atoms with van der Waals surface area (Å²) in [6.07, 6.45) is 3.98. The second kappa shape index (κ2) is 6.08. The molecule has 0 radical (unpaired) electrons. The second-order valence-corrected chi connectivity index (χ2v) is 5.83. The number of halogens is 1. The highest BCUT2D eigenvalue weighted by molar-refractivity contribution is 6.30. The molecule has 0 bridgehead atoms. The number of aromatic nitrogens is 1. The van der Waals surface area contributed by atoms with E-state index >= 15 is 0 Å². The van der Waals surface area contributed by atoms with Crippen LogP contribution in [0.1, 0.15) is 31.2 Å². The van der Waals surface area contributed by atoms with Crippen LogP contribution in [-0.2, 0) is 6.54 Å². The maximum Gasteiger partial charge on any atom is 0.134 e. The van der Waals surface area contributed by atoms with Crippen LogP contribution in [0.3, 0.4) is 0 Å². The molecule has 1 aliphatic carbocycles. The summed E-state index contributed by atoms with van der Waals surface area (Å²) < 4.78 is 0. The molecule has 0 unspecified atom stereocenters. The molecule has 2 N–H and O–H groups in total. The molecule has 1 aromatic heterocycles. The van der Waals surface area contributed by atoms with E-state index in [1.54, 1.807) is 0 Å². The zero-order valence-electron chi connectivity index (χ0n) is 11.3. The number of rotatable bonds is 3. The quantitative estimate of drug-likeness (QED) is 0.853. The summed E-state index contributed by atoms with van der Waals surface area (Å²) in [7, 11) is 0. The molecule has 2 aromatic rings. The van der Waals surface area contributed by atoms with Crippen LogP contribution in [0.15, 0.2) is 30.3 Å². The Morgan fingerprint density at radius 1 is 1.25 bits per heavy atom. The van der Waals surface area contributed by atoms with Crippen LogP contribution < -0.4 is 5.32 Å². The van der Waals surface area contributed by atoms with Crippen molar-refractivity contribution in [3.63, 3.8) is 0 Å². The Kier molecular flexibility index (Phi) is 4.20. The maximum atomic E-state index is 9.98. The van der Waals surface area contributed by atoms with Gasteiger partial charge < -0.3 is 10.4 Å². The number of aliphatic hydroxyl groups excluding tert-OH is 1. The fourth-order valence-electron chi connectivity index (χ4n) is 2.85. The Bertz CT molecular complexity index is 602. The van der Waals surface area contributed by atoms with Crippen LogP contribution in [0.2, 0.25) is 5.15 Å². The molecule has 4 heteroatoms. The molecule has 106 valence electrons. The monoisotopic (exact) mass is 290 g/mol. The van der Waals surface area contributed by atoms with E-state index in [0.29, 0.717) is 11.7 Å². The van der Waals surface area contributed by atoms with Gasteiger partial charge in [-0.3, -0.25) is 0 Å². The van der Waals surface area contributed by atoms with E-state index in [1.807, 2.05) is 24.3 Å². The van der Waals surface area contributed by atoms with Crippen LogP contribution in [0.4, 0.5) is 0 Å². The number of pyridine rings is 1. The first-order chi connectivity index (χ1) is 9.74. The normalized spacial score (nSPS) is 23.1. The fraction of sp³-hybridized carbons (Fsp3) is 0.438. The molecular weight excluding hydrogens is 272 g/mol. The third kappa shape index (κ3) is 2.95. The van der Waals surface area contributed by atoms with E-state index in [-0.39, 0.29) is 12.1 Å². The van der Waals surface area contributed by atoms with E-state index in [1.165, 1.54) is 6.42 Å². The Morgan fingerprint density at radius 3 is 2.90 bits per heavy atom. The molecular formula is C16H19ClN2O. The third-order valence-corrected chi connectivity index (χ3v) is 4.36.